The summed E-state index contributed by atoms with van der Waals surface area (Å²) >= 11 is 2.17. The van der Waals surface area contributed by atoms with E-state index < -0.39 is 0 Å². The second kappa shape index (κ2) is 8.01. The standard InChI is InChI=1S/C16H23IN2O3/c1-4-19-7-5-6-12(19)10-18-16(20)13-8-11(17)9-14(21-2)15(13)22-3/h8-9,12H,4-7,10H2,1-3H3,(H,18,20)/t12-/m0/s1/i3-1. The highest BCUT2D eigenvalue weighted by molar-refractivity contribution is 14.1. The predicted octanol–water partition coefficient (Wildman–Crippen LogP) is 2.52. The molecule has 1 aromatic carbocycles. The van der Waals surface area contributed by atoms with E-state index >= 15 is 0 Å². The number of nitrogens with zero attached hydrogens (tertiary/aromatic N) is 1. The number of ether oxygens (including phenoxy) is 2. The molecule has 0 unspecified atom stereocenters. The van der Waals surface area contributed by atoms with Gasteiger partial charge in [0.25, 0.3) is 5.91 Å². The number of carbonyl (C=O) groups is 1. The number of rotatable bonds is 6. The molecule has 5 nitrogen and oxygen atoms in total. The van der Waals surface area contributed by atoms with Gasteiger partial charge in [-0.2, -0.15) is 0 Å². The maximum Gasteiger partial charge on any atom is 0.255 e. The van der Waals surface area contributed by atoms with E-state index in [1.165, 1.54) is 6.42 Å². The quantitative estimate of drug-likeness (QED) is 0.723. The third-order valence-corrected chi connectivity index (χ3v) is 4.71. The summed E-state index contributed by atoms with van der Waals surface area (Å²) in [5.41, 5.74) is 0.521. The van der Waals surface area contributed by atoms with Gasteiger partial charge in [-0.25, -0.2) is 0 Å². The first-order chi connectivity index (χ1) is 10.6. The second-order valence-electron chi connectivity index (χ2n) is 5.32. The van der Waals surface area contributed by atoms with E-state index in [2.05, 4.69) is 39.7 Å². The van der Waals surface area contributed by atoms with Gasteiger partial charge in [-0.05, 0) is 60.7 Å². The first-order valence-electron chi connectivity index (χ1n) is 7.54. The van der Waals surface area contributed by atoms with Crippen LogP contribution in [-0.4, -0.2) is 50.7 Å². The van der Waals surface area contributed by atoms with E-state index in [4.69, 9.17) is 9.47 Å². The van der Waals surface area contributed by atoms with Crippen LogP contribution in [0, 0.1) is 3.57 Å². The van der Waals surface area contributed by atoms with Crippen molar-refractivity contribution in [2.75, 3.05) is 33.9 Å². The lowest BCUT2D eigenvalue weighted by atomic mass is 10.1. The van der Waals surface area contributed by atoms with E-state index in [0.717, 1.165) is 23.1 Å². The van der Waals surface area contributed by atoms with Gasteiger partial charge >= 0.3 is 0 Å². The zero-order chi connectivity index (χ0) is 16.1. The molecular weight excluding hydrogens is 394 g/mol. The summed E-state index contributed by atoms with van der Waals surface area (Å²) in [6.07, 6.45) is 2.34. The molecule has 6 heteroatoms. The van der Waals surface area contributed by atoms with Crippen LogP contribution in [0.2, 0.25) is 0 Å². The van der Waals surface area contributed by atoms with Crippen molar-refractivity contribution in [3.8, 4) is 11.5 Å². The highest BCUT2D eigenvalue weighted by Gasteiger charge is 2.24. The fourth-order valence-corrected chi connectivity index (χ4v) is 3.54. The van der Waals surface area contributed by atoms with Gasteiger partial charge in [0.05, 0.1) is 19.8 Å². The van der Waals surface area contributed by atoms with Crippen LogP contribution in [0.15, 0.2) is 12.1 Å². The van der Waals surface area contributed by atoms with Crippen LogP contribution < -0.4 is 14.8 Å². The van der Waals surface area contributed by atoms with Crippen molar-refractivity contribution >= 4 is 28.5 Å². The Kier molecular flexibility index (Phi) is 6.31. The number of likely N-dealkylation sites (N-methyl/N-ethyl adjacent to an activating group) is 1. The third kappa shape index (κ3) is 3.84. The topological polar surface area (TPSA) is 50.8 Å². The van der Waals surface area contributed by atoms with Crippen molar-refractivity contribution in [2.24, 2.45) is 0 Å². The third-order valence-electron chi connectivity index (χ3n) is 4.09. The minimum absolute atomic E-state index is 0.114. The van der Waals surface area contributed by atoms with E-state index in [9.17, 15) is 4.79 Å². The maximum absolute atomic E-state index is 12.5. The Bertz CT molecular complexity index is 536. The van der Waals surface area contributed by atoms with Gasteiger partial charge in [0.1, 0.15) is 0 Å². The number of benzene rings is 1. The number of methoxy groups -OCH3 is 2. The van der Waals surface area contributed by atoms with Crippen molar-refractivity contribution in [1.29, 1.82) is 0 Å². The normalized spacial score (nSPS) is 18.3. The highest BCUT2D eigenvalue weighted by Crippen LogP contribution is 2.33. The number of hydrogen-bond acceptors (Lipinski definition) is 4. The van der Waals surface area contributed by atoms with E-state index in [1.807, 2.05) is 12.1 Å². The molecule has 1 amide bonds. The highest BCUT2D eigenvalue weighted by atomic mass is 127. The number of carbonyl (C=O) groups excluding carboxylic acids is 1. The van der Waals surface area contributed by atoms with Gasteiger partial charge in [0.2, 0.25) is 0 Å². The molecule has 1 atom stereocenters. The van der Waals surface area contributed by atoms with Gasteiger partial charge in [0, 0.05) is 16.2 Å². The zero-order valence-electron chi connectivity index (χ0n) is 13.3. The van der Waals surface area contributed by atoms with Crippen molar-refractivity contribution in [2.45, 2.75) is 25.8 Å². The summed E-state index contributed by atoms with van der Waals surface area (Å²) in [6, 6.07) is 4.11. The molecule has 0 bridgehead atoms. The van der Waals surface area contributed by atoms with E-state index in [1.54, 1.807) is 14.2 Å². The maximum atomic E-state index is 12.5. The summed E-state index contributed by atoms with van der Waals surface area (Å²) in [5, 5.41) is 3.04. The summed E-state index contributed by atoms with van der Waals surface area (Å²) in [6.45, 7) is 4.98. The molecule has 0 saturated carbocycles. The predicted molar refractivity (Wildman–Crippen MR) is 94.9 cm³/mol. The van der Waals surface area contributed by atoms with Crippen LogP contribution in [0.25, 0.3) is 0 Å². The number of amides is 1. The summed E-state index contributed by atoms with van der Waals surface area (Å²) in [4.78, 5) is 14.9. The average Bonchev–Trinajstić information content (AvgIpc) is 2.99. The first kappa shape index (κ1) is 17.3. The summed E-state index contributed by atoms with van der Waals surface area (Å²) < 4.78 is 11.6. The lowest BCUT2D eigenvalue weighted by Crippen LogP contribution is -2.40. The molecule has 1 aliphatic rings. The molecule has 1 aromatic rings. The average molecular weight is 417 g/mol. The molecule has 22 heavy (non-hydrogen) atoms. The van der Waals surface area contributed by atoms with Gasteiger partial charge in [-0.1, -0.05) is 6.92 Å². The van der Waals surface area contributed by atoms with E-state index in [-0.39, 0.29) is 5.91 Å². The van der Waals surface area contributed by atoms with Crippen LogP contribution >= 0.6 is 22.6 Å². The lowest BCUT2D eigenvalue weighted by molar-refractivity contribution is 0.0937. The Morgan fingerprint density at radius 2 is 2.18 bits per heavy atom. The molecule has 1 N–H and O–H groups in total. The molecule has 0 spiro atoms. The van der Waals surface area contributed by atoms with Crippen LogP contribution in [0.3, 0.4) is 0 Å². The smallest absolute Gasteiger partial charge is 0.255 e. The molecule has 1 saturated heterocycles. The van der Waals surface area contributed by atoms with Gasteiger partial charge in [-0.3, -0.25) is 9.69 Å². The number of nitrogens with one attached hydrogen (secondary N) is 1. The number of halogens is 1. The van der Waals surface area contributed by atoms with Crippen molar-refractivity contribution in [3.05, 3.63) is 21.3 Å². The van der Waals surface area contributed by atoms with Crippen molar-refractivity contribution in [1.82, 2.24) is 10.2 Å². The Morgan fingerprint density at radius 3 is 2.82 bits per heavy atom. The molecule has 1 fully saturated rings. The SMILES string of the molecule is CCN1CCC[C@H]1CNC(=O)c1cc(I)cc(OC)c1O[11CH3]. The fourth-order valence-electron chi connectivity index (χ4n) is 2.95. The Hall–Kier alpha value is -1.02. The van der Waals surface area contributed by atoms with Gasteiger partial charge in [0.15, 0.2) is 11.5 Å². The van der Waals surface area contributed by atoms with Gasteiger partial charge in [-0.15, -0.1) is 0 Å². The molecule has 1 aliphatic heterocycles. The summed E-state index contributed by atoms with van der Waals surface area (Å²) in [5.74, 6) is 0.950. The van der Waals surface area contributed by atoms with Crippen LogP contribution in [-0.2, 0) is 0 Å². The molecule has 1 heterocycles. The molecule has 122 valence electrons. The van der Waals surface area contributed by atoms with Crippen LogP contribution in [0.5, 0.6) is 11.5 Å². The van der Waals surface area contributed by atoms with Crippen molar-refractivity contribution in [3.63, 3.8) is 0 Å². The van der Waals surface area contributed by atoms with Crippen LogP contribution in [0.1, 0.15) is 30.1 Å². The monoisotopic (exact) mass is 417 g/mol. The minimum atomic E-state index is -0.114. The molecular formula is C16H23IN2O3. The second-order valence-corrected chi connectivity index (χ2v) is 6.57. The number of likely N-dealkylation sites (tertiary alicyclic amines) is 1. The molecule has 0 aliphatic carbocycles. The van der Waals surface area contributed by atoms with Crippen LogP contribution in [0.4, 0.5) is 0 Å². The summed E-state index contributed by atoms with van der Waals surface area (Å²) in [7, 11) is 3.13. The Morgan fingerprint density at radius 1 is 1.41 bits per heavy atom. The van der Waals surface area contributed by atoms with Crippen molar-refractivity contribution < 1.29 is 14.3 Å². The Labute approximate surface area is 145 Å². The Balaban J connectivity index is 2.10. The molecule has 0 aromatic heterocycles. The molecule has 0 radical (unpaired) electrons. The van der Waals surface area contributed by atoms with Gasteiger partial charge < -0.3 is 14.8 Å². The minimum Gasteiger partial charge on any atom is -0.493 e. The molecule has 2 rings (SSSR count). The lowest BCUT2D eigenvalue weighted by Gasteiger charge is -2.23. The zero-order valence-corrected chi connectivity index (χ0v) is 15.5. The first-order valence-corrected chi connectivity index (χ1v) is 8.62. The fraction of sp³-hybridized carbons (Fsp3) is 0.562. The van der Waals surface area contributed by atoms with E-state index in [0.29, 0.717) is 29.6 Å². The largest absolute Gasteiger partial charge is 0.493 e. The number of hydrogen-bond donors (Lipinski definition) is 1.